The Morgan fingerprint density at radius 2 is 1.17 bits per heavy atom. The Balaban J connectivity index is 0.000000217. The highest BCUT2D eigenvalue weighted by Gasteiger charge is 1.95. The Morgan fingerprint density at radius 1 is 0.917 bits per heavy atom. The summed E-state index contributed by atoms with van der Waals surface area (Å²) in [5.41, 5.74) is 2.97. The first-order chi connectivity index (χ1) is 5.29. The van der Waals surface area contributed by atoms with Crippen molar-refractivity contribution >= 4 is 0 Å². The summed E-state index contributed by atoms with van der Waals surface area (Å²) in [6, 6.07) is 4.13. The molecule has 0 bridgehead atoms. The van der Waals surface area contributed by atoms with Gasteiger partial charge >= 0.3 is 0 Å². The first kappa shape index (κ1) is 11.3. The summed E-state index contributed by atoms with van der Waals surface area (Å²) in [5, 5.41) is 0. The molecule has 70 valence electrons. The zero-order chi connectivity index (χ0) is 9.78. The van der Waals surface area contributed by atoms with Crippen molar-refractivity contribution in [2.75, 3.05) is 0 Å². The normalized spacial score (nSPS) is 10.5. The monoisotopic (exact) mass is 167 g/mol. The first-order valence-corrected chi connectivity index (χ1v) is 4.41. The maximum atomic E-state index is 3.14. The van der Waals surface area contributed by atoms with E-state index in [-0.39, 0.29) is 0 Å². The van der Waals surface area contributed by atoms with Crippen LogP contribution in [0.3, 0.4) is 0 Å². The number of nitrogens with one attached hydrogen (secondary N) is 1. The second-order valence-electron chi connectivity index (χ2n) is 4.82. The third-order valence-electron chi connectivity index (χ3n) is 0.978. The van der Waals surface area contributed by atoms with Crippen molar-refractivity contribution in [3.63, 3.8) is 0 Å². The van der Waals surface area contributed by atoms with Crippen LogP contribution in [-0.2, 0) is 0 Å². The molecule has 0 saturated carbocycles. The van der Waals surface area contributed by atoms with E-state index < -0.39 is 0 Å². The molecule has 0 fully saturated rings. The molecule has 0 spiro atoms. The van der Waals surface area contributed by atoms with Gasteiger partial charge in [-0.25, -0.2) is 0 Å². The molecule has 1 aromatic heterocycles. The fourth-order valence-corrected chi connectivity index (χ4v) is 0.644. The molecule has 0 atom stereocenters. The van der Waals surface area contributed by atoms with Gasteiger partial charge in [-0.05, 0) is 31.4 Å². The Bertz CT molecular complexity index is 193. The lowest BCUT2D eigenvalue weighted by Gasteiger charge is -2.05. The first-order valence-electron chi connectivity index (χ1n) is 4.41. The van der Waals surface area contributed by atoms with E-state index in [2.05, 4.69) is 44.8 Å². The van der Waals surface area contributed by atoms with E-state index in [4.69, 9.17) is 0 Å². The van der Waals surface area contributed by atoms with Crippen LogP contribution in [0.15, 0.2) is 12.1 Å². The highest BCUT2D eigenvalue weighted by atomic mass is 14.7. The van der Waals surface area contributed by atoms with E-state index in [1.807, 2.05) is 13.8 Å². The van der Waals surface area contributed by atoms with Gasteiger partial charge in [0.05, 0.1) is 0 Å². The van der Waals surface area contributed by atoms with Crippen molar-refractivity contribution in [2.45, 2.75) is 41.5 Å². The van der Waals surface area contributed by atoms with Crippen LogP contribution in [0.2, 0.25) is 0 Å². The van der Waals surface area contributed by atoms with Crippen molar-refractivity contribution in [2.24, 2.45) is 5.41 Å². The van der Waals surface area contributed by atoms with Gasteiger partial charge in [0.2, 0.25) is 0 Å². The second-order valence-corrected chi connectivity index (χ2v) is 4.82. The molecule has 0 aliphatic rings. The van der Waals surface area contributed by atoms with Gasteiger partial charge < -0.3 is 4.98 Å². The largest absolute Gasteiger partial charge is 0.363 e. The maximum absolute atomic E-state index is 3.14. The van der Waals surface area contributed by atoms with Crippen LogP contribution in [0.5, 0.6) is 0 Å². The number of aromatic amines is 1. The molecule has 1 heteroatoms. The van der Waals surface area contributed by atoms with Crippen LogP contribution in [0.25, 0.3) is 0 Å². The number of rotatable bonds is 0. The molecule has 0 radical (unpaired) electrons. The molecular weight excluding hydrogens is 146 g/mol. The van der Waals surface area contributed by atoms with E-state index >= 15 is 0 Å². The molecule has 0 amide bonds. The van der Waals surface area contributed by atoms with E-state index in [0.717, 1.165) is 0 Å². The Labute approximate surface area is 76.2 Å². The highest BCUT2D eigenvalue weighted by Crippen LogP contribution is 2.08. The quantitative estimate of drug-likeness (QED) is 0.606. The summed E-state index contributed by atoms with van der Waals surface area (Å²) in [6.07, 6.45) is 0. The minimum atomic E-state index is 0.500. The van der Waals surface area contributed by atoms with Crippen LogP contribution < -0.4 is 0 Å². The summed E-state index contributed by atoms with van der Waals surface area (Å²) >= 11 is 0. The maximum Gasteiger partial charge on any atom is 0.0117 e. The number of hydrogen-bond donors (Lipinski definition) is 1. The third kappa shape index (κ3) is 9.28. The van der Waals surface area contributed by atoms with Crippen molar-refractivity contribution in [1.82, 2.24) is 4.98 Å². The smallest absolute Gasteiger partial charge is 0.0117 e. The molecule has 0 aliphatic carbocycles. The van der Waals surface area contributed by atoms with Gasteiger partial charge in [-0.1, -0.05) is 27.7 Å². The fourth-order valence-electron chi connectivity index (χ4n) is 0.644. The summed E-state index contributed by atoms with van der Waals surface area (Å²) < 4.78 is 0. The van der Waals surface area contributed by atoms with Crippen LogP contribution in [-0.4, -0.2) is 4.98 Å². The third-order valence-corrected chi connectivity index (χ3v) is 0.978. The lowest BCUT2D eigenvalue weighted by molar-refractivity contribution is 0.469. The van der Waals surface area contributed by atoms with E-state index in [1.54, 1.807) is 0 Å². The van der Waals surface area contributed by atoms with Gasteiger partial charge in [0, 0.05) is 11.4 Å². The summed E-state index contributed by atoms with van der Waals surface area (Å²) in [4.78, 5) is 3.14. The minimum Gasteiger partial charge on any atom is -0.363 e. The lowest BCUT2D eigenvalue weighted by Crippen LogP contribution is -1.93. The molecule has 1 N–H and O–H groups in total. The second kappa shape index (κ2) is 4.34. The zero-order valence-electron chi connectivity index (χ0n) is 9.15. The van der Waals surface area contributed by atoms with E-state index in [1.165, 1.54) is 11.4 Å². The van der Waals surface area contributed by atoms with E-state index in [9.17, 15) is 0 Å². The van der Waals surface area contributed by atoms with Gasteiger partial charge in [0.1, 0.15) is 0 Å². The topological polar surface area (TPSA) is 15.8 Å². The predicted molar refractivity (Wildman–Crippen MR) is 55.4 cm³/mol. The van der Waals surface area contributed by atoms with Gasteiger partial charge in [0.15, 0.2) is 0 Å². The molecule has 1 aromatic rings. The van der Waals surface area contributed by atoms with E-state index in [0.29, 0.717) is 5.41 Å². The molecule has 0 aromatic carbocycles. The SMILES string of the molecule is CC(C)(C)C.Cc1ccc(C)[nH]1. The minimum absolute atomic E-state index is 0.500. The highest BCUT2D eigenvalue weighted by molar-refractivity contribution is 5.09. The average molecular weight is 167 g/mol. The van der Waals surface area contributed by atoms with Gasteiger partial charge in [0.25, 0.3) is 0 Å². The van der Waals surface area contributed by atoms with Crippen LogP contribution in [0, 0.1) is 19.3 Å². The Morgan fingerprint density at radius 3 is 1.25 bits per heavy atom. The summed E-state index contributed by atoms with van der Waals surface area (Å²) in [5.74, 6) is 0. The average Bonchev–Trinajstić information content (AvgIpc) is 2.09. The molecule has 0 aliphatic heterocycles. The van der Waals surface area contributed by atoms with Gasteiger partial charge in [-0.15, -0.1) is 0 Å². The number of aromatic nitrogens is 1. The number of hydrogen-bond acceptors (Lipinski definition) is 0. The summed E-state index contributed by atoms with van der Waals surface area (Å²) in [6.45, 7) is 12.8. The lowest BCUT2D eigenvalue weighted by atomic mass is 10.0. The fraction of sp³-hybridized carbons (Fsp3) is 0.636. The Hall–Kier alpha value is -0.720. The van der Waals surface area contributed by atoms with Gasteiger partial charge in [-0.2, -0.15) is 0 Å². The van der Waals surface area contributed by atoms with Crippen molar-refractivity contribution < 1.29 is 0 Å². The number of H-pyrrole nitrogens is 1. The Kier molecular flexibility index (Phi) is 4.08. The van der Waals surface area contributed by atoms with Crippen LogP contribution >= 0.6 is 0 Å². The molecule has 1 nitrogen and oxygen atoms in total. The van der Waals surface area contributed by atoms with Gasteiger partial charge in [-0.3, -0.25) is 0 Å². The molecule has 0 unspecified atom stereocenters. The molecule has 0 saturated heterocycles. The predicted octanol–water partition coefficient (Wildman–Crippen LogP) is 3.68. The molecule has 1 heterocycles. The van der Waals surface area contributed by atoms with Crippen molar-refractivity contribution in [3.8, 4) is 0 Å². The van der Waals surface area contributed by atoms with Crippen LogP contribution in [0.1, 0.15) is 39.1 Å². The number of aryl methyl sites for hydroxylation is 2. The molecule has 1 rings (SSSR count). The van der Waals surface area contributed by atoms with Crippen molar-refractivity contribution in [3.05, 3.63) is 23.5 Å². The summed E-state index contributed by atoms with van der Waals surface area (Å²) in [7, 11) is 0. The zero-order valence-corrected chi connectivity index (χ0v) is 9.15. The molecule has 12 heavy (non-hydrogen) atoms. The van der Waals surface area contributed by atoms with Crippen LogP contribution in [0.4, 0.5) is 0 Å². The molecular formula is C11H21N. The standard InChI is InChI=1S/C6H9N.C5H12/c1-5-3-4-6(2)7-5;1-5(2,3)4/h3-4,7H,1-2H3;1-4H3. The van der Waals surface area contributed by atoms with Crippen molar-refractivity contribution in [1.29, 1.82) is 0 Å².